The Kier molecular flexibility index (Phi) is 14.0. The summed E-state index contributed by atoms with van der Waals surface area (Å²) in [6.45, 7) is 45.6. The van der Waals surface area contributed by atoms with Crippen LogP contribution in [0.25, 0.3) is 0 Å². The van der Waals surface area contributed by atoms with E-state index in [-0.39, 0.29) is 22.2 Å². The third-order valence-electron chi connectivity index (χ3n) is 11.4. The van der Waals surface area contributed by atoms with E-state index in [1.807, 2.05) is 0 Å². The molecule has 7 unspecified atom stereocenters. The van der Waals surface area contributed by atoms with Gasteiger partial charge in [0.15, 0.2) is 25.0 Å². The Morgan fingerprint density at radius 2 is 1.31 bits per heavy atom. The summed E-state index contributed by atoms with van der Waals surface area (Å²) in [5.41, 5.74) is 0.686. The van der Waals surface area contributed by atoms with Crippen LogP contribution >= 0.6 is 0 Å². The van der Waals surface area contributed by atoms with E-state index in [1.165, 1.54) is 12.1 Å². The molecule has 42 heavy (non-hydrogen) atoms. The second kappa shape index (κ2) is 14.4. The molecule has 0 aromatic heterocycles. The average molecular weight is 677 g/mol. The van der Waals surface area contributed by atoms with E-state index in [0.717, 1.165) is 38.5 Å². The van der Waals surface area contributed by atoms with Crippen molar-refractivity contribution < 1.29 is 17.7 Å². The molecule has 9 heteroatoms. The van der Waals surface area contributed by atoms with Crippen LogP contribution in [0, 0.1) is 0 Å². The molecular formula is C33H76O4Si5. The highest BCUT2D eigenvalue weighted by Crippen LogP contribution is 2.58. The number of rotatable bonds is 19. The highest BCUT2D eigenvalue weighted by molar-refractivity contribution is 6.87. The molecule has 0 aliphatic carbocycles. The smallest absolute Gasteiger partial charge is 0.214 e. The third-order valence-corrected chi connectivity index (χ3v) is 29.2. The fraction of sp³-hybridized carbons (Fsp3) is 1.00. The minimum Gasteiger partial charge on any atom is -0.415 e. The largest absolute Gasteiger partial charge is 0.415 e. The SMILES string of the molecule is CCC[Si](C)(O[C@](C)(CC)C(CC)[Si]1(C)CC(CC)([Si](C)(C)C)O1)C(CC)C(C)(CC)O[Si](C)(C)C(C)O[Si](C)(C)C. The summed E-state index contributed by atoms with van der Waals surface area (Å²) in [6.07, 6.45) is 6.58. The average Bonchev–Trinajstić information content (AvgIpc) is 2.80. The van der Waals surface area contributed by atoms with Crippen molar-refractivity contribution in [3.05, 3.63) is 0 Å². The Bertz CT molecular complexity index is 850. The standard InChI is InChI=1S/C33H76O4Si5/c1-20-26-41(18,29(21-2)31(8,23-4)35-40(16,17)28(7)34-39(13,14)15)36-32(9,24-5)30(22-3)42(19)27-33(25-6,37-42)38(10,11)12/h28-30H,20-27H2,1-19H3/t28?,29?,30?,31?,32-,33?,41?,42?/m1/s1. The fourth-order valence-corrected chi connectivity index (χ4v) is 30.7. The highest BCUT2D eigenvalue weighted by Gasteiger charge is 2.65. The first-order chi connectivity index (χ1) is 18.8. The highest BCUT2D eigenvalue weighted by atomic mass is 28.4. The molecule has 0 radical (unpaired) electrons. The molecule has 1 saturated heterocycles. The van der Waals surface area contributed by atoms with Crippen molar-refractivity contribution in [2.24, 2.45) is 0 Å². The molecule has 1 aliphatic rings. The lowest BCUT2D eigenvalue weighted by Gasteiger charge is -2.64. The van der Waals surface area contributed by atoms with Crippen LogP contribution in [-0.4, -0.2) is 63.5 Å². The van der Waals surface area contributed by atoms with Gasteiger partial charge in [0.05, 0.1) is 25.0 Å². The normalized spacial score (nSPS) is 28.6. The lowest BCUT2D eigenvalue weighted by atomic mass is 9.96. The molecule has 8 atom stereocenters. The van der Waals surface area contributed by atoms with Crippen LogP contribution in [0.5, 0.6) is 0 Å². The van der Waals surface area contributed by atoms with Crippen molar-refractivity contribution in [1.29, 1.82) is 0 Å². The monoisotopic (exact) mass is 676 g/mol. The molecule has 0 bridgehead atoms. The van der Waals surface area contributed by atoms with E-state index in [1.54, 1.807) is 0 Å². The maximum atomic E-state index is 7.85. The molecular weight excluding hydrogens is 601 g/mol. The molecule has 0 saturated carbocycles. The molecule has 1 fully saturated rings. The van der Waals surface area contributed by atoms with E-state index >= 15 is 0 Å². The summed E-state index contributed by atoms with van der Waals surface area (Å²) in [5.74, 6) is 0. The van der Waals surface area contributed by atoms with Gasteiger partial charge in [0.2, 0.25) is 8.32 Å². The molecule has 0 aromatic carbocycles. The van der Waals surface area contributed by atoms with Gasteiger partial charge < -0.3 is 17.7 Å². The van der Waals surface area contributed by atoms with Crippen LogP contribution in [0.15, 0.2) is 0 Å². The van der Waals surface area contributed by atoms with Crippen molar-refractivity contribution in [2.45, 2.75) is 212 Å². The second-order valence-corrected chi connectivity index (χ2v) is 39.2. The summed E-state index contributed by atoms with van der Waals surface area (Å²) in [5, 5.41) is 0.145. The molecule has 0 N–H and O–H groups in total. The first-order valence-corrected chi connectivity index (χ1v) is 32.9. The van der Waals surface area contributed by atoms with Crippen molar-refractivity contribution >= 4 is 41.3 Å². The fourth-order valence-electron chi connectivity index (χ4n) is 8.82. The van der Waals surface area contributed by atoms with Crippen molar-refractivity contribution in [2.75, 3.05) is 0 Å². The Labute approximate surface area is 269 Å². The van der Waals surface area contributed by atoms with Gasteiger partial charge in [-0.2, -0.15) is 0 Å². The zero-order valence-electron chi connectivity index (χ0n) is 32.0. The maximum absolute atomic E-state index is 7.85. The molecule has 1 rings (SSSR count). The lowest BCUT2D eigenvalue weighted by Crippen LogP contribution is -2.74. The van der Waals surface area contributed by atoms with E-state index < -0.39 is 41.3 Å². The summed E-state index contributed by atoms with van der Waals surface area (Å²) >= 11 is 0. The predicted molar refractivity (Wildman–Crippen MR) is 200 cm³/mol. The van der Waals surface area contributed by atoms with E-state index in [4.69, 9.17) is 17.7 Å². The summed E-state index contributed by atoms with van der Waals surface area (Å²) < 4.78 is 29.2. The number of hydrogen-bond donors (Lipinski definition) is 0. The lowest BCUT2D eigenvalue weighted by molar-refractivity contribution is 0.00451. The van der Waals surface area contributed by atoms with Crippen molar-refractivity contribution in [1.82, 2.24) is 0 Å². The van der Waals surface area contributed by atoms with Gasteiger partial charge in [-0.25, -0.2) is 0 Å². The van der Waals surface area contributed by atoms with Crippen LogP contribution in [-0.2, 0) is 17.7 Å². The van der Waals surface area contributed by atoms with Gasteiger partial charge in [-0.05, 0) is 98.0 Å². The molecule has 252 valence electrons. The third kappa shape index (κ3) is 8.84. The zero-order valence-corrected chi connectivity index (χ0v) is 37.0. The van der Waals surface area contributed by atoms with Crippen molar-refractivity contribution in [3.8, 4) is 0 Å². The Morgan fingerprint density at radius 1 is 0.810 bits per heavy atom. The van der Waals surface area contributed by atoms with Crippen LogP contribution in [0.4, 0.5) is 0 Å². The van der Waals surface area contributed by atoms with Crippen LogP contribution in [0.2, 0.25) is 88.6 Å². The molecule has 1 heterocycles. The van der Waals surface area contributed by atoms with Crippen molar-refractivity contribution in [3.63, 3.8) is 0 Å². The topological polar surface area (TPSA) is 36.9 Å². The van der Waals surface area contributed by atoms with Gasteiger partial charge in [-0.15, -0.1) is 0 Å². The molecule has 4 nitrogen and oxygen atoms in total. The summed E-state index contributed by atoms with van der Waals surface area (Å²) in [7, 11) is -9.46. The Hall–Kier alpha value is 0.924. The summed E-state index contributed by atoms with van der Waals surface area (Å²) in [6, 6.07) is 2.48. The Morgan fingerprint density at radius 3 is 1.64 bits per heavy atom. The van der Waals surface area contributed by atoms with Crippen LogP contribution in [0.3, 0.4) is 0 Å². The van der Waals surface area contributed by atoms with E-state index in [2.05, 4.69) is 128 Å². The van der Waals surface area contributed by atoms with E-state index in [9.17, 15) is 0 Å². The second-order valence-electron chi connectivity index (χ2n) is 17.2. The van der Waals surface area contributed by atoms with Crippen LogP contribution < -0.4 is 0 Å². The first kappa shape index (κ1) is 40.9. The zero-order chi connectivity index (χ0) is 33.2. The minimum atomic E-state index is -2.26. The molecule has 0 amide bonds. The van der Waals surface area contributed by atoms with Gasteiger partial charge in [0.1, 0.15) is 0 Å². The molecule has 0 aromatic rings. The molecule has 0 spiro atoms. The predicted octanol–water partition coefficient (Wildman–Crippen LogP) is 11.5. The quantitative estimate of drug-likeness (QED) is 0.128. The van der Waals surface area contributed by atoms with Crippen LogP contribution in [0.1, 0.15) is 101 Å². The maximum Gasteiger partial charge on any atom is 0.214 e. The van der Waals surface area contributed by atoms with Gasteiger partial charge in [0.25, 0.3) is 0 Å². The summed E-state index contributed by atoms with van der Waals surface area (Å²) in [4.78, 5) is 0. The number of hydrogen-bond acceptors (Lipinski definition) is 4. The van der Waals surface area contributed by atoms with Gasteiger partial charge in [0, 0.05) is 16.3 Å². The first-order valence-electron chi connectivity index (χ1n) is 17.6. The van der Waals surface area contributed by atoms with E-state index in [0.29, 0.717) is 11.1 Å². The minimum absolute atomic E-state index is 0.145. The van der Waals surface area contributed by atoms with Gasteiger partial charge >= 0.3 is 0 Å². The molecule has 1 aliphatic heterocycles. The Balaban J connectivity index is 3.52. The van der Waals surface area contributed by atoms with Gasteiger partial charge in [-0.1, -0.05) is 80.4 Å². The van der Waals surface area contributed by atoms with Gasteiger partial charge in [-0.3, -0.25) is 0 Å².